The smallest absolute Gasteiger partial charge is 0.303 e. The highest BCUT2D eigenvalue weighted by Crippen LogP contribution is 2.34. The van der Waals surface area contributed by atoms with Crippen LogP contribution in [0, 0.1) is 0 Å². The van der Waals surface area contributed by atoms with Gasteiger partial charge in [0.2, 0.25) is 0 Å². The Balaban J connectivity index is 1.38. The second-order valence-corrected chi connectivity index (χ2v) is 7.93. The number of carbonyl (C=O) groups is 1. The molecule has 0 fully saturated rings. The zero-order chi connectivity index (χ0) is 23.5. The number of benzene rings is 3. The van der Waals surface area contributed by atoms with Crippen LogP contribution in [0.25, 0.3) is 33.6 Å². The number of oxazole rings is 1. The Hall–Kier alpha value is -4.39. The summed E-state index contributed by atoms with van der Waals surface area (Å²) in [7, 11) is 1.98. The molecular weight excluding hydrogens is 430 g/mol. The van der Waals surface area contributed by atoms with Crippen LogP contribution in [-0.2, 0) is 24.9 Å². The second kappa shape index (κ2) is 9.23. The molecule has 3 aromatic carbocycles. The van der Waals surface area contributed by atoms with E-state index in [1.54, 1.807) is 0 Å². The van der Waals surface area contributed by atoms with E-state index in [0.717, 1.165) is 28.0 Å². The van der Waals surface area contributed by atoms with E-state index in [-0.39, 0.29) is 12.8 Å². The minimum Gasteiger partial charge on any atom is -0.486 e. The average molecular weight is 453 g/mol. The van der Waals surface area contributed by atoms with Crippen molar-refractivity contribution in [2.24, 2.45) is 7.05 Å². The van der Waals surface area contributed by atoms with Crippen LogP contribution in [0.1, 0.15) is 18.1 Å². The fourth-order valence-corrected chi connectivity index (χ4v) is 3.85. The van der Waals surface area contributed by atoms with Crippen LogP contribution in [0.4, 0.5) is 0 Å². The number of carboxylic acid groups (broad SMARTS) is 1. The largest absolute Gasteiger partial charge is 0.486 e. The van der Waals surface area contributed by atoms with Gasteiger partial charge in [-0.1, -0.05) is 42.5 Å². The van der Waals surface area contributed by atoms with Crippen LogP contribution in [0.3, 0.4) is 0 Å². The monoisotopic (exact) mass is 453 g/mol. The lowest BCUT2D eigenvalue weighted by Crippen LogP contribution is -2.03. The van der Waals surface area contributed by atoms with E-state index in [4.69, 9.17) is 14.3 Å². The summed E-state index contributed by atoms with van der Waals surface area (Å²) >= 11 is 0. The number of nitrogens with zero attached hydrogens (tertiary/aromatic N) is 3. The summed E-state index contributed by atoms with van der Waals surface area (Å²) in [4.78, 5) is 20.2. The maximum Gasteiger partial charge on any atom is 0.303 e. The molecule has 0 aliphatic carbocycles. The number of aromatic nitrogens is 3. The number of hydrogen-bond acceptors (Lipinski definition) is 5. The van der Waals surface area contributed by atoms with Gasteiger partial charge in [-0.15, -0.1) is 0 Å². The highest BCUT2D eigenvalue weighted by Gasteiger charge is 2.18. The summed E-state index contributed by atoms with van der Waals surface area (Å²) < 4.78 is 14.0. The van der Waals surface area contributed by atoms with Crippen molar-refractivity contribution in [3.05, 3.63) is 90.6 Å². The second-order valence-electron chi connectivity index (χ2n) is 7.93. The topological polar surface area (TPSA) is 90.4 Å². The Labute approximate surface area is 196 Å². The third-order valence-corrected chi connectivity index (χ3v) is 5.64. The van der Waals surface area contributed by atoms with E-state index < -0.39 is 5.97 Å². The van der Waals surface area contributed by atoms with E-state index in [1.165, 1.54) is 0 Å². The maximum absolute atomic E-state index is 11.0. The number of aliphatic carboxylic acids is 1. The fourth-order valence-electron chi connectivity index (χ4n) is 3.85. The van der Waals surface area contributed by atoms with Gasteiger partial charge in [0.05, 0.1) is 17.5 Å². The molecule has 0 spiro atoms. The Morgan fingerprint density at radius 2 is 1.68 bits per heavy atom. The van der Waals surface area contributed by atoms with E-state index in [1.807, 2.05) is 90.5 Å². The van der Waals surface area contributed by atoms with Crippen LogP contribution in [-0.4, -0.2) is 25.6 Å². The minimum absolute atomic E-state index is 0.0385. The van der Waals surface area contributed by atoms with Crippen molar-refractivity contribution in [1.82, 2.24) is 14.5 Å². The molecule has 2 heterocycles. The lowest BCUT2D eigenvalue weighted by molar-refractivity contribution is -0.137. The van der Waals surface area contributed by atoms with Crippen molar-refractivity contribution in [2.75, 3.05) is 0 Å². The van der Waals surface area contributed by atoms with Gasteiger partial charge in [0.1, 0.15) is 23.9 Å². The maximum atomic E-state index is 11.0. The van der Waals surface area contributed by atoms with Crippen LogP contribution in [0.2, 0.25) is 0 Å². The van der Waals surface area contributed by atoms with Gasteiger partial charge in [0.25, 0.3) is 0 Å². The fraction of sp³-hybridized carbons (Fsp3) is 0.148. The molecule has 1 N–H and O–H groups in total. The van der Waals surface area contributed by atoms with Gasteiger partial charge < -0.3 is 18.8 Å². The number of aryl methyl sites for hydroxylation is 2. The van der Waals surface area contributed by atoms with Gasteiger partial charge in [0.15, 0.2) is 11.7 Å². The first-order chi connectivity index (χ1) is 16.6. The highest BCUT2D eigenvalue weighted by atomic mass is 16.5. The lowest BCUT2D eigenvalue weighted by Gasteiger charge is -2.07. The van der Waals surface area contributed by atoms with Crippen LogP contribution < -0.4 is 4.74 Å². The van der Waals surface area contributed by atoms with Gasteiger partial charge in [-0.05, 0) is 36.4 Å². The number of para-hydroxylation sites is 2. The number of imidazole rings is 1. The molecule has 7 nitrogen and oxygen atoms in total. The summed E-state index contributed by atoms with van der Waals surface area (Å²) in [6.07, 6.45) is 0.192. The molecule has 0 saturated heterocycles. The number of ether oxygens (including phenoxy) is 1. The molecule has 0 atom stereocenters. The SMILES string of the molecule is Cn1c(COc2ccc(-c3nc(CCC(=O)O)oc3-c3ccccc3)cc2)nc2ccccc21. The normalized spacial score (nSPS) is 11.1. The van der Waals surface area contributed by atoms with Crippen molar-refractivity contribution in [1.29, 1.82) is 0 Å². The molecule has 5 rings (SSSR count). The summed E-state index contributed by atoms with van der Waals surface area (Å²) in [5.74, 6) is 1.69. The molecule has 0 bridgehead atoms. The van der Waals surface area contributed by atoms with Crippen LogP contribution in [0.5, 0.6) is 5.75 Å². The van der Waals surface area contributed by atoms with Crippen molar-refractivity contribution in [2.45, 2.75) is 19.4 Å². The molecule has 7 heteroatoms. The Bertz CT molecular complexity index is 1440. The van der Waals surface area contributed by atoms with E-state index in [0.29, 0.717) is 29.7 Å². The van der Waals surface area contributed by atoms with Gasteiger partial charge in [-0.3, -0.25) is 4.79 Å². The predicted octanol–water partition coefficient (Wildman–Crippen LogP) is 5.49. The lowest BCUT2D eigenvalue weighted by atomic mass is 10.1. The van der Waals surface area contributed by atoms with Gasteiger partial charge in [0, 0.05) is 24.6 Å². The first-order valence-corrected chi connectivity index (χ1v) is 11.0. The first kappa shape index (κ1) is 21.5. The standard InChI is InChI=1S/C27H23N3O4/c1-30-22-10-6-5-9-21(22)28-23(30)17-33-20-13-11-18(12-14-20)26-27(19-7-3-2-4-8-19)34-24(29-26)15-16-25(31)32/h2-14H,15-17H2,1H3,(H,31,32). The molecule has 0 aliphatic rings. The summed E-state index contributed by atoms with van der Waals surface area (Å²) in [5, 5.41) is 9.02. The van der Waals surface area contributed by atoms with Gasteiger partial charge >= 0.3 is 5.97 Å². The number of rotatable bonds is 8. The molecule has 0 saturated carbocycles. The van der Waals surface area contributed by atoms with Crippen molar-refractivity contribution < 1.29 is 19.1 Å². The van der Waals surface area contributed by atoms with Crippen LogP contribution >= 0.6 is 0 Å². The average Bonchev–Trinajstić information content (AvgIpc) is 3.44. The number of fused-ring (bicyclic) bond motifs is 1. The summed E-state index contributed by atoms with van der Waals surface area (Å²) in [6, 6.07) is 25.3. The quantitative estimate of drug-likeness (QED) is 0.334. The van der Waals surface area contributed by atoms with Crippen LogP contribution in [0.15, 0.2) is 83.3 Å². The molecule has 170 valence electrons. The molecule has 0 aliphatic heterocycles. The third-order valence-electron chi connectivity index (χ3n) is 5.64. The molecule has 0 radical (unpaired) electrons. The Morgan fingerprint density at radius 3 is 2.41 bits per heavy atom. The molecule has 2 aromatic heterocycles. The van der Waals surface area contributed by atoms with Crippen molar-refractivity contribution in [3.63, 3.8) is 0 Å². The van der Waals surface area contributed by atoms with Gasteiger partial charge in [-0.25, -0.2) is 9.97 Å². The Kier molecular flexibility index (Phi) is 5.82. The predicted molar refractivity (Wildman–Crippen MR) is 128 cm³/mol. The number of carboxylic acids is 1. The molecule has 0 unspecified atom stereocenters. The zero-order valence-corrected chi connectivity index (χ0v) is 18.6. The summed E-state index contributed by atoms with van der Waals surface area (Å²) in [5.41, 5.74) is 4.42. The highest BCUT2D eigenvalue weighted by molar-refractivity contribution is 5.77. The minimum atomic E-state index is -0.886. The van der Waals surface area contributed by atoms with E-state index in [2.05, 4.69) is 9.97 Å². The number of hydrogen-bond donors (Lipinski definition) is 1. The molecule has 5 aromatic rings. The van der Waals surface area contributed by atoms with E-state index in [9.17, 15) is 4.79 Å². The van der Waals surface area contributed by atoms with Gasteiger partial charge in [-0.2, -0.15) is 0 Å². The Morgan fingerprint density at radius 1 is 0.941 bits per heavy atom. The molecule has 0 amide bonds. The third kappa shape index (κ3) is 4.41. The van der Waals surface area contributed by atoms with E-state index >= 15 is 0 Å². The summed E-state index contributed by atoms with van der Waals surface area (Å²) in [6.45, 7) is 0.350. The van der Waals surface area contributed by atoms with Crippen molar-refractivity contribution in [3.8, 4) is 28.3 Å². The first-order valence-electron chi connectivity index (χ1n) is 11.0. The molecule has 34 heavy (non-hydrogen) atoms. The zero-order valence-electron chi connectivity index (χ0n) is 18.6. The molecular formula is C27H23N3O4. The van der Waals surface area contributed by atoms with Crippen molar-refractivity contribution >= 4 is 17.0 Å².